The highest BCUT2D eigenvalue weighted by atomic mass is 35.5. The van der Waals surface area contributed by atoms with Crippen LogP contribution in [0.1, 0.15) is 5.82 Å². The molecular formula is C8H8ClN7. The van der Waals surface area contributed by atoms with Gasteiger partial charge < -0.3 is 12.4 Å². The van der Waals surface area contributed by atoms with Crippen molar-refractivity contribution in [3.05, 3.63) is 24.4 Å². The molecule has 0 saturated carbocycles. The summed E-state index contributed by atoms with van der Waals surface area (Å²) in [5, 5.41) is 9.95. The van der Waals surface area contributed by atoms with Crippen LogP contribution in [-0.4, -0.2) is 30.2 Å². The van der Waals surface area contributed by atoms with Crippen LogP contribution in [-0.2, 0) is 0 Å². The van der Waals surface area contributed by atoms with Crippen molar-refractivity contribution < 1.29 is 16.9 Å². The van der Waals surface area contributed by atoms with Gasteiger partial charge in [-0.3, -0.25) is 4.98 Å². The minimum absolute atomic E-state index is 0. The molecule has 0 fully saturated rings. The van der Waals surface area contributed by atoms with E-state index in [2.05, 4.69) is 30.2 Å². The van der Waals surface area contributed by atoms with Gasteiger partial charge in [-0.25, -0.2) is 10.1 Å². The predicted octanol–water partition coefficient (Wildman–Crippen LogP) is -3.36. The molecule has 2 N–H and O–H groups in total. The summed E-state index contributed by atoms with van der Waals surface area (Å²) in [4.78, 5) is 12.4. The number of H-pyrrole nitrogens is 2. The first-order valence-corrected chi connectivity index (χ1v) is 4.44. The number of aryl methyl sites for hydroxylation is 1. The molecule has 0 aliphatic rings. The Kier molecular flexibility index (Phi) is 2.53. The third-order valence-corrected chi connectivity index (χ3v) is 2.03. The van der Waals surface area contributed by atoms with E-state index in [4.69, 9.17) is 0 Å². The van der Waals surface area contributed by atoms with E-state index in [0.717, 1.165) is 11.6 Å². The summed E-state index contributed by atoms with van der Waals surface area (Å²) in [6, 6.07) is 0. The van der Waals surface area contributed by atoms with Crippen LogP contribution in [0.4, 0.5) is 0 Å². The molecule has 16 heavy (non-hydrogen) atoms. The second-order valence-electron chi connectivity index (χ2n) is 3.11. The van der Waals surface area contributed by atoms with E-state index in [0.29, 0.717) is 11.5 Å². The second-order valence-corrected chi connectivity index (χ2v) is 3.11. The van der Waals surface area contributed by atoms with Gasteiger partial charge >= 0.3 is 5.78 Å². The van der Waals surface area contributed by atoms with Crippen LogP contribution in [0.25, 0.3) is 17.3 Å². The first-order chi connectivity index (χ1) is 7.34. The molecule has 8 heteroatoms. The first-order valence-electron chi connectivity index (χ1n) is 4.44. The normalized spacial score (nSPS) is 10.3. The maximum atomic E-state index is 4.18. The van der Waals surface area contributed by atoms with Crippen molar-refractivity contribution >= 4 is 5.78 Å². The van der Waals surface area contributed by atoms with Gasteiger partial charge in [-0.15, -0.1) is 9.61 Å². The quantitative estimate of drug-likeness (QED) is 0.433. The van der Waals surface area contributed by atoms with Gasteiger partial charge in [0.1, 0.15) is 0 Å². The number of halogens is 1. The fraction of sp³-hybridized carbons (Fsp3) is 0.125. The van der Waals surface area contributed by atoms with Crippen molar-refractivity contribution in [2.24, 2.45) is 0 Å². The summed E-state index contributed by atoms with van der Waals surface area (Å²) < 4.78 is 1.74. The lowest BCUT2D eigenvalue weighted by molar-refractivity contribution is -0.566. The molecule has 0 amide bonds. The van der Waals surface area contributed by atoms with Gasteiger partial charge in [0.05, 0.1) is 6.20 Å². The number of aromatic amines is 2. The number of nitrogens with one attached hydrogen (secondary N) is 2. The fourth-order valence-corrected chi connectivity index (χ4v) is 1.41. The second kappa shape index (κ2) is 3.86. The Labute approximate surface area is 96.4 Å². The minimum atomic E-state index is 0. The highest BCUT2D eigenvalue weighted by Gasteiger charge is 2.18. The number of nitrogens with zero attached hydrogens (tertiary/aromatic N) is 5. The van der Waals surface area contributed by atoms with Gasteiger partial charge in [0, 0.05) is 24.4 Å². The molecular weight excluding hydrogens is 230 g/mol. The highest BCUT2D eigenvalue weighted by Crippen LogP contribution is 2.06. The van der Waals surface area contributed by atoms with Crippen LogP contribution in [0.5, 0.6) is 0 Å². The molecule has 0 saturated heterocycles. The van der Waals surface area contributed by atoms with Gasteiger partial charge in [0.15, 0.2) is 11.5 Å². The summed E-state index contributed by atoms with van der Waals surface area (Å²) in [6.07, 6.45) is 4.92. The average molecular weight is 238 g/mol. The zero-order chi connectivity index (χ0) is 10.3. The number of hydrogen-bond donors (Lipinski definition) is 2. The Morgan fingerprint density at radius 1 is 1.31 bits per heavy atom. The zero-order valence-corrected chi connectivity index (χ0v) is 9.10. The number of rotatable bonds is 1. The Hall–Kier alpha value is -2.02. The summed E-state index contributed by atoms with van der Waals surface area (Å²) in [5.74, 6) is 2.13. The van der Waals surface area contributed by atoms with Gasteiger partial charge in [-0.1, -0.05) is 4.98 Å². The lowest BCUT2D eigenvalue weighted by atomic mass is 10.4. The van der Waals surface area contributed by atoms with Crippen molar-refractivity contribution in [1.82, 2.24) is 30.2 Å². The van der Waals surface area contributed by atoms with Gasteiger partial charge in [-0.2, -0.15) is 0 Å². The van der Waals surface area contributed by atoms with Crippen molar-refractivity contribution in [2.75, 3.05) is 0 Å². The van der Waals surface area contributed by atoms with Crippen LogP contribution in [0.15, 0.2) is 18.6 Å². The summed E-state index contributed by atoms with van der Waals surface area (Å²) in [6.45, 7) is 1.87. The molecule has 82 valence electrons. The lowest BCUT2D eigenvalue weighted by Gasteiger charge is -1.90. The first kappa shape index (κ1) is 10.5. The Balaban J connectivity index is 0.000000963. The monoisotopic (exact) mass is 237 g/mol. The SMILES string of the molecule is Cc1nc2n[nH]c(-c3cnccn3)[n+]2[nH]1.[Cl-]. The van der Waals surface area contributed by atoms with Crippen LogP contribution in [0.3, 0.4) is 0 Å². The summed E-state index contributed by atoms with van der Waals surface area (Å²) in [7, 11) is 0. The third-order valence-electron chi connectivity index (χ3n) is 2.03. The topological polar surface area (TPSA) is 87.2 Å². The number of aromatic nitrogens is 7. The number of fused-ring (bicyclic) bond motifs is 1. The van der Waals surface area contributed by atoms with Crippen LogP contribution >= 0.6 is 0 Å². The van der Waals surface area contributed by atoms with E-state index in [1.807, 2.05) is 6.92 Å². The zero-order valence-electron chi connectivity index (χ0n) is 8.35. The van der Waals surface area contributed by atoms with E-state index >= 15 is 0 Å². The fourth-order valence-electron chi connectivity index (χ4n) is 1.41. The molecule has 0 aliphatic carbocycles. The maximum Gasteiger partial charge on any atom is 0.437 e. The Morgan fingerprint density at radius 3 is 2.94 bits per heavy atom. The molecule has 7 nitrogen and oxygen atoms in total. The smallest absolute Gasteiger partial charge is 0.437 e. The molecule has 3 aromatic heterocycles. The van der Waals surface area contributed by atoms with Crippen molar-refractivity contribution in [2.45, 2.75) is 6.92 Å². The summed E-state index contributed by atoms with van der Waals surface area (Å²) >= 11 is 0. The average Bonchev–Trinajstić information content (AvgIpc) is 2.77. The molecule has 3 rings (SSSR count). The highest BCUT2D eigenvalue weighted by molar-refractivity contribution is 5.43. The number of hydrogen-bond acceptors (Lipinski definition) is 4. The van der Waals surface area contributed by atoms with Crippen molar-refractivity contribution in [3.8, 4) is 11.5 Å². The molecule has 0 bridgehead atoms. The van der Waals surface area contributed by atoms with Crippen molar-refractivity contribution in [1.29, 1.82) is 0 Å². The standard InChI is InChI=1S/C8H7N7.ClH/c1-5-11-8-13-12-7(15(8)14-5)6-4-9-2-3-10-6;/h2-4H,1H3,(H,10,11,13,14);1H. The molecule has 0 atom stereocenters. The molecule has 3 heterocycles. The van der Waals surface area contributed by atoms with E-state index in [1.165, 1.54) is 0 Å². The van der Waals surface area contributed by atoms with Gasteiger partial charge in [0.25, 0.3) is 5.82 Å². The molecule has 0 radical (unpaired) electrons. The van der Waals surface area contributed by atoms with Gasteiger partial charge in [-0.05, 0) is 0 Å². The summed E-state index contributed by atoms with van der Waals surface area (Å²) in [5.41, 5.74) is 0.716. The largest absolute Gasteiger partial charge is 1.00 e. The molecule has 0 aliphatic heterocycles. The van der Waals surface area contributed by atoms with E-state index in [-0.39, 0.29) is 12.4 Å². The maximum absolute atomic E-state index is 4.18. The van der Waals surface area contributed by atoms with Gasteiger partial charge in [0.2, 0.25) is 0 Å². The molecule has 3 aromatic rings. The lowest BCUT2D eigenvalue weighted by Crippen LogP contribution is -3.00. The van der Waals surface area contributed by atoms with Crippen LogP contribution < -0.4 is 16.9 Å². The van der Waals surface area contributed by atoms with Crippen LogP contribution in [0, 0.1) is 6.92 Å². The van der Waals surface area contributed by atoms with Crippen molar-refractivity contribution in [3.63, 3.8) is 0 Å². The van der Waals surface area contributed by atoms with E-state index in [9.17, 15) is 0 Å². The molecule has 0 aromatic carbocycles. The minimum Gasteiger partial charge on any atom is -1.00 e. The Morgan fingerprint density at radius 2 is 2.19 bits per heavy atom. The van der Waals surface area contributed by atoms with E-state index in [1.54, 1.807) is 23.1 Å². The predicted molar refractivity (Wildman–Crippen MR) is 49.7 cm³/mol. The van der Waals surface area contributed by atoms with Crippen LogP contribution in [0.2, 0.25) is 0 Å². The molecule has 0 spiro atoms. The third kappa shape index (κ3) is 1.50. The van der Waals surface area contributed by atoms with E-state index < -0.39 is 0 Å². The molecule has 0 unspecified atom stereocenters. The Bertz CT molecular complexity index is 599.